The fourth-order valence-corrected chi connectivity index (χ4v) is 2.90. The Morgan fingerprint density at radius 1 is 1.13 bits per heavy atom. The smallest absolute Gasteiger partial charge is 0.319 e. The first-order valence-electron chi connectivity index (χ1n) is 7.71. The summed E-state index contributed by atoms with van der Waals surface area (Å²) >= 11 is 2.23. The molecule has 0 unspecified atom stereocenters. The molecule has 2 amide bonds. The first kappa shape index (κ1) is 16.0. The van der Waals surface area contributed by atoms with Crippen molar-refractivity contribution in [2.24, 2.45) is 0 Å². The molecule has 2 N–H and O–H groups in total. The summed E-state index contributed by atoms with van der Waals surface area (Å²) in [5, 5.41) is 5.66. The van der Waals surface area contributed by atoms with Crippen molar-refractivity contribution in [3.63, 3.8) is 0 Å². The molecule has 3 rings (SSSR count). The monoisotopic (exact) mass is 422 g/mol. The molecule has 0 spiro atoms. The van der Waals surface area contributed by atoms with Crippen LogP contribution in [0.4, 0.5) is 16.3 Å². The van der Waals surface area contributed by atoms with Crippen LogP contribution in [0, 0.1) is 3.57 Å². The summed E-state index contributed by atoms with van der Waals surface area (Å²) < 4.78 is 1.14. The zero-order valence-electron chi connectivity index (χ0n) is 12.8. The van der Waals surface area contributed by atoms with Crippen molar-refractivity contribution in [1.29, 1.82) is 0 Å². The van der Waals surface area contributed by atoms with Gasteiger partial charge in [0.2, 0.25) is 0 Å². The van der Waals surface area contributed by atoms with Crippen LogP contribution in [-0.4, -0.2) is 24.1 Å². The number of amides is 2. The summed E-state index contributed by atoms with van der Waals surface area (Å²) in [5.74, 6) is 1.02. The molecule has 0 saturated carbocycles. The van der Waals surface area contributed by atoms with Crippen molar-refractivity contribution >= 4 is 40.1 Å². The molecular weight excluding hydrogens is 403 g/mol. The van der Waals surface area contributed by atoms with E-state index in [1.54, 1.807) is 0 Å². The molecule has 1 aliphatic heterocycles. The molecule has 1 aromatic heterocycles. The molecule has 1 aromatic carbocycles. The van der Waals surface area contributed by atoms with Crippen molar-refractivity contribution in [1.82, 2.24) is 10.3 Å². The van der Waals surface area contributed by atoms with E-state index >= 15 is 0 Å². The molecule has 0 atom stereocenters. The van der Waals surface area contributed by atoms with Gasteiger partial charge in [0, 0.05) is 35.1 Å². The molecule has 0 aliphatic carbocycles. The minimum absolute atomic E-state index is 0.213. The van der Waals surface area contributed by atoms with Gasteiger partial charge in [-0.3, -0.25) is 0 Å². The van der Waals surface area contributed by atoms with Gasteiger partial charge < -0.3 is 15.5 Å². The number of urea groups is 1. The Labute approximate surface area is 149 Å². The van der Waals surface area contributed by atoms with Crippen molar-refractivity contribution in [3.05, 3.63) is 51.7 Å². The van der Waals surface area contributed by atoms with Crippen LogP contribution in [0.1, 0.15) is 18.4 Å². The fourth-order valence-electron chi connectivity index (χ4n) is 2.55. The predicted octanol–water partition coefficient (Wildman–Crippen LogP) is 3.61. The third kappa shape index (κ3) is 4.57. The number of pyridine rings is 1. The first-order valence-corrected chi connectivity index (χ1v) is 8.79. The van der Waals surface area contributed by atoms with Crippen LogP contribution in [-0.2, 0) is 6.54 Å². The average molecular weight is 422 g/mol. The maximum Gasteiger partial charge on any atom is 0.319 e. The summed E-state index contributed by atoms with van der Waals surface area (Å²) in [7, 11) is 0. The third-order valence-electron chi connectivity index (χ3n) is 3.79. The van der Waals surface area contributed by atoms with Gasteiger partial charge in [-0.1, -0.05) is 6.07 Å². The van der Waals surface area contributed by atoms with E-state index in [1.165, 1.54) is 12.8 Å². The lowest BCUT2D eigenvalue weighted by atomic mass is 10.3. The topological polar surface area (TPSA) is 57.3 Å². The minimum atomic E-state index is -0.213. The predicted molar refractivity (Wildman–Crippen MR) is 101 cm³/mol. The number of carbonyl (C=O) groups excluding carboxylic acids is 1. The van der Waals surface area contributed by atoms with Crippen LogP contribution in [0.15, 0.2) is 42.6 Å². The SMILES string of the molecule is O=C(NCc1ccc(N2CCCC2)nc1)Nc1ccc(I)cc1. The quantitative estimate of drug-likeness (QED) is 0.741. The molecule has 120 valence electrons. The average Bonchev–Trinajstić information content (AvgIpc) is 3.10. The molecule has 5 nitrogen and oxygen atoms in total. The maximum atomic E-state index is 11.9. The van der Waals surface area contributed by atoms with Gasteiger partial charge in [-0.05, 0) is 71.3 Å². The fraction of sp³-hybridized carbons (Fsp3) is 0.294. The van der Waals surface area contributed by atoms with Crippen LogP contribution in [0.3, 0.4) is 0 Å². The number of aromatic nitrogens is 1. The molecule has 1 saturated heterocycles. The van der Waals surface area contributed by atoms with Crippen molar-refractivity contribution < 1.29 is 4.79 Å². The van der Waals surface area contributed by atoms with Crippen molar-refractivity contribution in [3.8, 4) is 0 Å². The standard InChI is InChI=1S/C17H19IN4O/c18-14-4-6-15(7-5-14)21-17(23)20-12-13-3-8-16(19-11-13)22-9-1-2-10-22/h3-8,11H,1-2,9-10,12H2,(H2,20,21,23). The van der Waals surface area contributed by atoms with E-state index in [4.69, 9.17) is 0 Å². The van der Waals surface area contributed by atoms with E-state index in [-0.39, 0.29) is 6.03 Å². The number of hydrogen-bond acceptors (Lipinski definition) is 3. The summed E-state index contributed by atoms with van der Waals surface area (Å²) in [6.07, 6.45) is 4.31. The van der Waals surface area contributed by atoms with Crippen LogP contribution < -0.4 is 15.5 Å². The Morgan fingerprint density at radius 3 is 2.52 bits per heavy atom. The van der Waals surface area contributed by atoms with Crippen LogP contribution in [0.5, 0.6) is 0 Å². The molecule has 2 aromatic rings. The zero-order chi connectivity index (χ0) is 16.1. The molecule has 0 bridgehead atoms. The molecular formula is C17H19IN4O. The van der Waals surface area contributed by atoms with E-state index < -0.39 is 0 Å². The van der Waals surface area contributed by atoms with Gasteiger partial charge in [-0.15, -0.1) is 0 Å². The highest BCUT2D eigenvalue weighted by Gasteiger charge is 2.13. The molecule has 0 radical (unpaired) electrons. The van der Waals surface area contributed by atoms with Gasteiger partial charge in [-0.2, -0.15) is 0 Å². The number of anilines is 2. The Morgan fingerprint density at radius 2 is 1.87 bits per heavy atom. The van der Waals surface area contributed by atoms with Gasteiger partial charge in [0.25, 0.3) is 0 Å². The Bertz CT molecular complexity index is 651. The largest absolute Gasteiger partial charge is 0.357 e. The lowest BCUT2D eigenvalue weighted by molar-refractivity contribution is 0.251. The first-order chi connectivity index (χ1) is 11.2. The van der Waals surface area contributed by atoms with Crippen LogP contribution >= 0.6 is 22.6 Å². The van der Waals surface area contributed by atoms with Gasteiger partial charge in [-0.25, -0.2) is 9.78 Å². The van der Waals surface area contributed by atoms with E-state index in [0.29, 0.717) is 6.54 Å². The second-order valence-corrected chi connectivity index (χ2v) is 6.78. The molecule has 23 heavy (non-hydrogen) atoms. The molecule has 1 aliphatic rings. The van der Waals surface area contributed by atoms with Gasteiger partial charge in [0.05, 0.1) is 0 Å². The van der Waals surface area contributed by atoms with Gasteiger partial charge in [0.1, 0.15) is 5.82 Å². The Hall–Kier alpha value is -1.83. The number of carbonyl (C=O) groups is 1. The number of rotatable bonds is 4. The summed E-state index contributed by atoms with van der Waals surface area (Å²) in [6.45, 7) is 2.63. The van der Waals surface area contributed by atoms with Gasteiger partial charge in [0.15, 0.2) is 0 Å². The number of nitrogens with one attached hydrogen (secondary N) is 2. The number of benzene rings is 1. The summed E-state index contributed by atoms with van der Waals surface area (Å²) in [6, 6.07) is 11.5. The summed E-state index contributed by atoms with van der Waals surface area (Å²) in [4.78, 5) is 18.7. The second-order valence-electron chi connectivity index (χ2n) is 5.53. The normalized spacial score (nSPS) is 13.9. The van der Waals surface area contributed by atoms with E-state index in [1.807, 2.05) is 42.6 Å². The lowest BCUT2D eigenvalue weighted by Gasteiger charge is -2.16. The molecule has 2 heterocycles. The lowest BCUT2D eigenvalue weighted by Crippen LogP contribution is -2.28. The van der Waals surface area contributed by atoms with E-state index in [9.17, 15) is 4.79 Å². The Balaban J connectivity index is 1.49. The zero-order valence-corrected chi connectivity index (χ0v) is 14.9. The molecule has 6 heteroatoms. The van der Waals surface area contributed by atoms with E-state index in [0.717, 1.165) is 33.7 Å². The maximum absolute atomic E-state index is 11.9. The van der Waals surface area contributed by atoms with E-state index in [2.05, 4.69) is 43.1 Å². The van der Waals surface area contributed by atoms with Crippen LogP contribution in [0.2, 0.25) is 0 Å². The highest BCUT2D eigenvalue weighted by Crippen LogP contribution is 2.17. The van der Waals surface area contributed by atoms with Crippen molar-refractivity contribution in [2.75, 3.05) is 23.3 Å². The Kier molecular flexibility index (Phi) is 5.32. The highest BCUT2D eigenvalue weighted by atomic mass is 127. The number of nitrogens with zero attached hydrogens (tertiary/aromatic N) is 2. The third-order valence-corrected chi connectivity index (χ3v) is 4.51. The second kappa shape index (κ2) is 7.63. The van der Waals surface area contributed by atoms with Crippen molar-refractivity contribution in [2.45, 2.75) is 19.4 Å². The number of hydrogen-bond donors (Lipinski definition) is 2. The van der Waals surface area contributed by atoms with Gasteiger partial charge >= 0.3 is 6.03 Å². The summed E-state index contributed by atoms with van der Waals surface area (Å²) in [5.41, 5.74) is 1.77. The van der Waals surface area contributed by atoms with Crippen LogP contribution in [0.25, 0.3) is 0 Å². The number of halogens is 1. The highest BCUT2D eigenvalue weighted by molar-refractivity contribution is 14.1. The minimum Gasteiger partial charge on any atom is -0.357 e. The molecule has 1 fully saturated rings.